The Morgan fingerprint density at radius 3 is 2.80 bits per heavy atom. The summed E-state index contributed by atoms with van der Waals surface area (Å²) in [7, 11) is 0. The first kappa shape index (κ1) is 18.0. The van der Waals surface area contributed by atoms with Gasteiger partial charge in [-0.25, -0.2) is 9.97 Å². The minimum absolute atomic E-state index is 0.0782. The molecule has 1 aromatic carbocycles. The molecular weight excluding hydrogens is 400 g/mol. The summed E-state index contributed by atoms with van der Waals surface area (Å²) in [5.74, 6) is 2.46. The Morgan fingerprint density at radius 1 is 1.03 bits per heavy atom. The van der Waals surface area contributed by atoms with Crippen molar-refractivity contribution in [3.63, 3.8) is 0 Å². The van der Waals surface area contributed by atoms with Crippen molar-refractivity contribution in [3.05, 3.63) is 46.9 Å². The molecule has 0 spiro atoms. The van der Waals surface area contributed by atoms with Crippen LogP contribution in [0.15, 0.2) is 35.1 Å². The average Bonchev–Trinajstić information content (AvgIpc) is 3.53. The van der Waals surface area contributed by atoms with Gasteiger partial charge in [0, 0.05) is 17.0 Å². The Labute approximate surface area is 177 Å². The van der Waals surface area contributed by atoms with E-state index in [1.54, 1.807) is 17.7 Å². The van der Waals surface area contributed by atoms with E-state index in [1.165, 1.54) is 23.3 Å². The third-order valence-corrected chi connectivity index (χ3v) is 6.89. The van der Waals surface area contributed by atoms with Gasteiger partial charge in [-0.15, -0.1) is 11.3 Å². The van der Waals surface area contributed by atoms with Gasteiger partial charge in [0.1, 0.15) is 23.0 Å². The van der Waals surface area contributed by atoms with Gasteiger partial charge in [0.05, 0.1) is 5.39 Å². The lowest BCUT2D eigenvalue weighted by Crippen LogP contribution is -1.99. The molecule has 1 atom stereocenters. The van der Waals surface area contributed by atoms with Crippen LogP contribution in [-0.4, -0.2) is 26.7 Å². The van der Waals surface area contributed by atoms with Gasteiger partial charge in [-0.3, -0.25) is 0 Å². The van der Waals surface area contributed by atoms with Crippen molar-refractivity contribution in [3.8, 4) is 23.0 Å². The van der Waals surface area contributed by atoms with E-state index in [-0.39, 0.29) is 6.10 Å². The highest BCUT2D eigenvalue weighted by Gasteiger charge is 2.24. The van der Waals surface area contributed by atoms with E-state index >= 15 is 0 Å². The third kappa shape index (κ3) is 3.16. The van der Waals surface area contributed by atoms with Gasteiger partial charge in [0.15, 0.2) is 0 Å². The van der Waals surface area contributed by atoms with Crippen molar-refractivity contribution in [2.75, 3.05) is 6.61 Å². The van der Waals surface area contributed by atoms with Crippen molar-refractivity contribution in [1.29, 1.82) is 0 Å². The molecule has 0 N–H and O–H groups in total. The second kappa shape index (κ2) is 7.45. The zero-order chi connectivity index (χ0) is 19.9. The monoisotopic (exact) mass is 420 g/mol. The highest BCUT2D eigenvalue weighted by Crippen LogP contribution is 2.40. The number of ether oxygens (including phenoxy) is 2. The molecule has 7 nitrogen and oxygen atoms in total. The average molecular weight is 420 g/mol. The largest absolute Gasteiger partial charge is 0.438 e. The molecule has 0 amide bonds. The molecule has 6 rings (SSSR count). The van der Waals surface area contributed by atoms with Crippen molar-refractivity contribution < 1.29 is 14.0 Å². The van der Waals surface area contributed by atoms with Gasteiger partial charge in [0.25, 0.3) is 5.89 Å². The molecule has 1 fully saturated rings. The quantitative estimate of drug-likeness (QED) is 0.445. The fraction of sp³-hybridized carbons (Fsp3) is 0.364. The number of benzene rings is 1. The molecule has 4 heterocycles. The smallest absolute Gasteiger partial charge is 0.256 e. The normalized spacial score (nSPS) is 18.6. The van der Waals surface area contributed by atoms with Crippen molar-refractivity contribution in [1.82, 2.24) is 20.1 Å². The van der Waals surface area contributed by atoms with E-state index in [9.17, 15) is 0 Å². The van der Waals surface area contributed by atoms with Gasteiger partial charge < -0.3 is 14.0 Å². The van der Waals surface area contributed by atoms with Crippen LogP contribution >= 0.6 is 11.3 Å². The maximum absolute atomic E-state index is 6.16. The third-order valence-electron chi connectivity index (χ3n) is 5.69. The lowest BCUT2D eigenvalue weighted by Gasteiger charge is -2.12. The topological polar surface area (TPSA) is 83.2 Å². The van der Waals surface area contributed by atoms with Crippen LogP contribution in [0.5, 0.6) is 11.6 Å². The van der Waals surface area contributed by atoms with E-state index in [1.807, 2.05) is 24.3 Å². The molecule has 0 bridgehead atoms. The van der Waals surface area contributed by atoms with Crippen molar-refractivity contribution >= 4 is 21.6 Å². The lowest BCUT2D eigenvalue weighted by atomic mass is 9.97. The summed E-state index contributed by atoms with van der Waals surface area (Å²) >= 11 is 1.77. The standard InChI is InChI=1S/C22H20N4O3S/c1-2-6-17-15(4-1)18-21(23-12-24-22(18)30-17)28-14-9-7-13(8-10-14)19-25-20(29-26-19)16-5-3-11-27-16/h7-10,12,16H,1-6,11H2. The van der Waals surface area contributed by atoms with Crippen LogP contribution in [0.2, 0.25) is 0 Å². The highest BCUT2D eigenvalue weighted by molar-refractivity contribution is 7.18. The Bertz CT molecular complexity index is 1200. The Hall–Kier alpha value is -2.84. The van der Waals surface area contributed by atoms with Crippen molar-refractivity contribution in [2.24, 2.45) is 0 Å². The summed E-state index contributed by atoms with van der Waals surface area (Å²) in [4.78, 5) is 15.8. The summed E-state index contributed by atoms with van der Waals surface area (Å²) in [6.07, 6.45) is 8.11. The minimum Gasteiger partial charge on any atom is -0.438 e. The molecule has 30 heavy (non-hydrogen) atoms. The predicted octanol–water partition coefficient (Wildman–Crippen LogP) is 5.26. The van der Waals surface area contributed by atoms with Crippen LogP contribution in [0.3, 0.4) is 0 Å². The van der Waals surface area contributed by atoms with E-state index < -0.39 is 0 Å². The predicted molar refractivity (Wildman–Crippen MR) is 112 cm³/mol. The van der Waals surface area contributed by atoms with Gasteiger partial charge >= 0.3 is 0 Å². The molecule has 8 heteroatoms. The van der Waals surface area contributed by atoms with Gasteiger partial charge in [-0.1, -0.05) is 5.16 Å². The Morgan fingerprint density at radius 2 is 1.93 bits per heavy atom. The summed E-state index contributed by atoms with van der Waals surface area (Å²) < 4.78 is 17.2. The molecule has 1 unspecified atom stereocenters. The zero-order valence-electron chi connectivity index (χ0n) is 16.3. The van der Waals surface area contributed by atoms with Crippen molar-refractivity contribution in [2.45, 2.75) is 44.6 Å². The second-order valence-electron chi connectivity index (χ2n) is 7.65. The summed E-state index contributed by atoms with van der Waals surface area (Å²) in [6.45, 7) is 0.748. The molecule has 152 valence electrons. The molecule has 2 aliphatic rings. The van der Waals surface area contributed by atoms with Crippen LogP contribution in [0, 0.1) is 0 Å². The number of aromatic nitrogens is 4. The van der Waals surface area contributed by atoms with Gasteiger partial charge in [0.2, 0.25) is 11.7 Å². The molecule has 3 aromatic heterocycles. The van der Waals surface area contributed by atoms with Gasteiger partial charge in [-0.05, 0) is 68.4 Å². The highest BCUT2D eigenvalue weighted by atomic mass is 32.1. The minimum atomic E-state index is -0.0782. The Balaban J connectivity index is 1.26. The number of thiophene rings is 1. The van der Waals surface area contributed by atoms with E-state index in [0.717, 1.165) is 53.8 Å². The van der Waals surface area contributed by atoms with E-state index in [0.29, 0.717) is 17.6 Å². The van der Waals surface area contributed by atoms with Crippen LogP contribution in [0.25, 0.3) is 21.6 Å². The van der Waals surface area contributed by atoms with Crippen LogP contribution in [-0.2, 0) is 17.6 Å². The Kier molecular flexibility index (Phi) is 4.46. The lowest BCUT2D eigenvalue weighted by molar-refractivity contribution is 0.0835. The molecule has 4 aromatic rings. The number of hydrogen-bond donors (Lipinski definition) is 0. The zero-order valence-corrected chi connectivity index (χ0v) is 17.2. The van der Waals surface area contributed by atoms with Crippen LogP contribution < -0.4 is 4.74 Å². The first-order valence-electron chi connectivity index (χ1n) is 10.3. The maximum atomic E-state index is 6.16. The number of rotatable bonds is 4. The fourth-order valence-corrected chi connectivity index (χ4v) is 5.40. The summed E-state index contributed by atoms with van der Waals surface area (Å²) in [6, 6.07) is 7.68. The SMILES string of the molecule is c1nc(Oc2ccc(-c3noc(C4CCCO4)n3)cc2)c2c3c(sc2n1)CCCC3. The molecule has 1 aliphatic carbocycles. The summed E-state index contributed by atoms with van der Waals surface area (Å²) in [5, 5.41) is 5.17. The van der Waals surface area contributed by atoms with E-state index in [4.69, 9.17) is 14.0 Å². The number of hydrogen-bond acceptors (Lipinski definition) is 8. The van der Waals surface area contributed by atoms with Gasteiger partial charge in [-0.2, -0.15) is 4.98 Å². The first-order valence-corrected chi connectivity index (χ1v) is 11.2. The summed E-state index contributed by atoms with van der Waals surface area (Å²) in [5.41, 5.74) is 2.23. The molecule has 0 radical (unpaired) electrons. The maximum Gasteiger partial charge on any atom is 0.256 e. The van der Waals surface area contributed by atoms with Crippen LogP contribution in [0.4, 0.5) is 0 Å². The fourth-order valence-electron chi connectivity index (χ4n) is 4.18. The molecule has 1 saturated heterocycles. The molecule has 1 aliphatic heterocycles. The number of fused-ring (bicyclic) bond motifs is 3. The second-order valence-corrected chi connectivity index (χ2v) is 8.74. The van der Waals surface area contributed by atoms with E-state index in [2.05, 4.69) is 20.1 Å². The molecular formula is C22H20N4O3S. The number of nitrogens with zero attached hydrogens (tertiary/aromatic N) is 4. The number of aryl methyl sites for hydroxylation is 2. The molecule has 0 saturated carbocycles. The first-order chi connectivity index (χ1) is 14.8. The van der Waals surface area contributed by atoms with Crippen LogP contribution in [0.1, 0.15) is 48.1 Å².